The van der Waals surface area contributed by atoms with Crippen LogP contribution in [0.1, 0.15) is 62.5 Å². The topological polar surface area (TPSA) is 0 Å². The summed E-state index contributed by atoms with van der Waals surface area (Å²) in [7, 11) is 0. The molecule has 0 bridgehead atoms. The average Bonchev–Trinajstić information content (AvgIpc) is 3.67. The van der Waals surface area contributed by atoms with Crippen molar-refractivity contribution in [2.45, 2.75) is 51.4 Å². The van der Waals surface area contributed by atoms with E-state index in [1.54, 1.807) is 12.1 Å². The Hall–Kier alpha value is -4.01. The average molecular weight is 831 g/mol. The molecule has 5 heteroatoms. The Kier molecular flexibility index (Phi) is 16.3. The summed E-state index contributed by atoms with van der Waals surface area (Å²) in [6.45, 7) is 4.29. The Morgan fingerprint density at radius 3 is 1.33 bits per heavy atom. The van der Waals surface area contributed by atoms with Crippen LogP contribution in [0.25, 0.3) is 22.3 Å². The molecule has 54 heavy (non-hydrogen) atoms. The summed E-state index contributed by atoms with van der Waals surface area (Å²) in [5, 5.41) is 0. The summed E-state index contributed by atoms with van der Waals surface area (Å²) in [6, 6.07) is 30.8. The molecule has 4 aromatic rings. The molecule has 0 N–H and O–H groups in total. The number of halogens is 4. The summed E-state index contributed by atoms with van der Waals surface area (Å²) in [5.41, 5.74) is 12.4. The van der Waals surface area contributed by atoms with E-state index < -0.39 is 0 Å². The van der Waals surface area contributed by atoms with Gasteiger partial charge in [0.1, 0.15) is 11.6 Å². The van der Waals surface area contributed by atoms with Crippen molar-refractivity contribution < 1.29 is 57.8 Å². The molecule has 4 aliphatic carbocycles. The van der Waals surface area contributed by atoms with Gasteiger partial charge in [0.05, 0.1) is 0 Å². The SMILES string of the molecule is CCC1=[C-]C2=CC=CCC(c3ccc(-c4ccccc4)c(F)c3)C2=C1.CCC1=[C-]C2=CC=CCC(c3ccc(-c4ccccc4)c(F)c3)C2=C1.[CH2]=[Zr+2].[Cl-].[Cl-]. The first-order valence-electron chi connectivity index (χ1n) is 18.0. The minimum Gasteiger partial charge on any atom is -1.00 e. The molecule has 272 valence electrons. The number of allylic oxidation sites excluding steroid dienone is 16. The van der Waals surface area contributed by atoms with Gasteiger partial charge in [-0.25, -0.2) is 8.78 Å². The van der Waals surface area contributed by atoms with Gasteiger partial charge in [-0.3, -0.25) is 0 Å². The van der Waals surface area contributed by atoms with Crippen LogP contribution >= 0.6 is 0 Å². The molecule has 4 aromatic carbocycles. The van der Waals surface area contributed by atoms with E-state index in [9.17, 15) is 8.78 Å². The maximum atomic E-state index is 14.8. The summed E-state index contributed by atoms with van der Waals surface area (Å²) in [4.78, 5) is 0. The maximum Gasteiger partial charge on any atom is -1.00 e. The number of hydrogen-bond acceptors (Lipinski definition) is 0. The summed E-state index contributed by atoms with van der Waals surface area (Å²) < 4.78 is 33.0. The third-order valence-electron chi connectivity index (χ3n) is 9.89. The molecule has 0 aliphatic heterocycles. The zero-order valence-electron chi connectivity index (χ0n) is 30.6. The third kappa shape index (κ3) is 9.80. The van der Waals surface area contributed by atoms with Gasteiger partial charge in [0.25, 0.3) is 0 Å². The molecule has 0 saturated heterocycles. The summed E-state index contributed by atoms with van der Waals surface area (Å²) >= 11 is 1.30. The van der Waals surface area contributed by atoms with Gasteiger partial charge in [-0.05, 0) is 71.9 Å². The van der Waals surface area contributed by atoms with Crippen molar-refractivity contribution in [2.75, 3.05) is 0 Å². The first-order chi connectivity index (χ1) is 25.5. The van der Waals surface area contributed by atoms with E-state index in [1.165, 1.54) is 46.5 Å². The summed E-state index contributed by atoms with van der Waals surface area (Å²) in [5.74, 6) is 0.0455. The second-order valence-electron chi connectivity index (χ2n) is 13.0. The smallest absolute Gasteiger partial charge is 1.00 e. The third-order valence-corrected chi connectivity index (χ3v) is 9.89. The number of rotatable bonds is 6. The minimum absolute atomic E-state index is 0. The van der Waals surface area contributed by atoms with Gasteiger partial charge < -0.3 is 24.8 Å². The van der Waals surface area contributed by atoms with Crippen molar-refractivity contribution in [3.05, 3.63) is 214 Å². The van der Waals surface area contributed by atoms with Crippen molar-refractivity contribution in [3.63, 3.8) is 0 Å². The fourth-order valence-corrected chi connectivity index (χ4v) is 7.17. The number of benzene rings is 4. The normalized spacial score (nSPS) is 17.7. The molecular weight excluding hydrogens is 789 g/mol. The molecule has 0 aromatic heterocycles. The molecule has 0 saturated carbocycles. The van der Waals surface area contributed by atoms with Crippen molar-refractivity contribution >= 4 is 4.21 Å². The van der Waals surface area contributed by atoms with Gasteiger partial charge >= 0.3 is 28.4 Å². The zero-order chi connectivity index (χ0) is 36.5. The van der Waals surface area contributed by atoms with Crippen LogP contribution in [0.15, 0.2) is 179 Å². The van der Waals surface area contributed by atoms with Gasteiger partial charge in [-0.15, -0.1) is 47.6 Å². The van der Waals surface area contributed by atoms with Crippen LogP contribution in [0.2, 0.25) is 0 Å². The molecule has 8 rings (SSSR count). The largest absolute Gasteiger partial charge is 1.00 e. The van der Waals surface area contributed by atoms with Crippen LogP contribution < -0.4 is 24.8 Å². The van der Waals surface area contributed by atoms with E-state index in [0.29, 0.717) is 11.1 Å². The van der Waals surface area contributed by atoms with E-state index in [0.717, 1.165) is 59.1 Å². The fraction of sp³-hybridized carbons (Fsp3) is 0.163. The second-order valence-corrected chi connectivity index (χ2v) is 13.0. The van der Waals surface area contributed by atoms with Crippen molar-refractivity contribution in [1.29, 1.82) is 0 Å². The zero-order valence-corrected chi connectivity index (χ0v) is 34.5. The fourth-order valence-electron chi connectivity index (χ4n) is 7.17. The predicted molar refractivity (Wildman–Crippen MR) is 210 cm³/mol. The van der Waals surface area contributed by atoms with Gasteiger partial charge in [0.15, 0.2) is 0 Å². The van der Waals surface area contributed by atoms with Crippen LogP contribution in [0.3, 0.4) is 0 Å². The molecule has 0 heterocycles. The quantitative estimate of drug-likeness (QED) is 0.183. The van der Waals surface area contributed by atoms with Gasteiger partial charge in [0, 0.05) is 11.1 Å². The number of hydrogen-bond donors (Lipinski definition) is 0. The van der Waals surface area contributed by atoms with E-state index >= 15 is 0 Å². The van der Waals surface area contributed by atoms with Crippen LogP contribution in [-0.4, -0.2) is 4.21 Å². The molecule has 0 radical (unpaired) electrons. The molecule has 0 fully saturated rings. The molecule has 4 aliphatic rings. The first-order valence-corrected chi connectivity index (χ1v) is 19.7. The molecule has 0 spiro atoms. The van der Waals surface area contributed by atoms with Crippen LogP contribution in [0, 0.1) is 23.8 Å². The van der Waals surface area contributed by atoms with E-state index in [2.05, 4.69) is 91.0 Å². The van der Waals surface area contributed by atoms with Gasteiger partial charge in [0.2, 0.25) is 0 Å². The predicted octanol–water partition coefficient (Wildman–Crippen LogP) is 7.06. The van der Waals surface area contributed by atoms with Crippen LogP contribution in [0.5, 0.6) is 0 Å². The van der Waals surface area contributed by atoms with E-state index in [1.807, 2.05) is 72.8 Å². The minimum atomic E-state index is -0.159. The molecule has 2 unspecified atom stereocenters. The summed E-state index contributed by atoms with van der Waals surface area (Å²) in [6.07, 6.45) is 27.8. The Bertz CT molecular complexity index is 2010. The maximum absolute atomic E-state index is 14.8. The standard InChI is InChI=1S/2C24H20F.CH2.2ClH.Zr/c2*1-2-17-14-19-10-6-7-11-21(23(19)15-17)20-12-13-22(24(25)16-20)18-8-4-3-5-9-18;;;;/h2*3-10,12-13,15-16,21H,2,11H2,1H3;1H2;2*1H;/q2*-1;;;;+2/p-2. The van der Waals surface area contributed by atoms with Crippen LogP contribution in [-0.2, 0) is 24.2 Å². The van der Waals surface area contributed by atoms with E-state index in [4.69, 9.17) is 0 Å². The Labute approximate surface area is 347 Å². The van der Waals surface area contributed by atoms with E-state index in [-0.39, 0.29) is 48.3 Å². The van der Waals surface area contributed by atoms with Gasteiger partial charge in [-0.2, -0.15) is 34.4 Å². The first kappa shape index (κ1) is 42.7. The van der Waals surface area contributed by atoms with Crippen LogP contribution in [0.4, 0.5) is 8.78 Å². The van der Waals surface area contributed by atoms with Gasteiger partial charge in [-0.1, -0.05) is 111 Å². The van der Waals surface area contributed by atoms with Crippen molar-refractivity contribution in [2.24, 2.45) is 0 Å². The second kappa shape index (κ2) is 20.6. The van der Waals surface area contributed by atoms with Crippen molar-refractivity contribution in [1.82, 2.24) is 0 Å². The van der Waals surface area contributed by atoms with Crippen molar-refractivity contribution in [3.8, 4) is 22.3 Å². The Balaban J connectivity index is 0.000000222. The monoisotopic (exact) mass is 828 g/mol. The molecule has 0 nitrogen and oxygen atoms in total. The Morgan fingerprint density at radius 2 is 0.981 bits per heavy atom. The Morgan fingerprint density at radius 1 is 0.593 bits per heavy atom. The molecule has 2 atom stereocenters. The number of fused-ring (bicyclic) bond motifs is 2. The molecular formula is C49H42Cl2F2Zr-2. The molecule has 0 amide bonds.